The van der Waals surface area contributed by atoms with Crippen molar-refractivity contribution in [2.45, 2.75) is 25.3 Å². The van der Waals surface area contributed by atoms with Gasteiger partial charge in [-0.3, -0.25) is 0 Å². The van der Waals surface area contributed by atoms with Crippen molar-refractivity contribution < 1.29 is 4.74 Å². The highest BCUT2D eigenvalue weighted by molar-refractivity contribution is 7.98. The van der Waals surface area contributed by atoms with Gasteiger partial charge in [0.25, 0.3) is 0 Å². The molecular weight excluding hydrogens is 270 g/mol. The Morgan fingerprint density at radius 1 is 1.25 bits per heavy atom. The Labute approximate surface area is 124 Å². The summed E-state index contributed by atoms with van der Waals surface area (Å²) >= 11 is 1.70. The van der Waals surface area contributed by atoms with Crippen LogP contribution in [-0.4, -0.2) is 22.8 Å². The molecule has 2 aromatic rings. The Balaban J connectivity index is 2.07. The van der Waals surface area contributed by atoms with Crippen molar-refractivity contribution >= 4 is 11.8 Å². The van der Waals surface area contributed by atoms with Crippen molar-refractivity contribution in [3.63, 3.8) is 0 Å². The Kier molecular flexibility index (Phi) is 5.38. The van der Waals surface area contributed by atoms with Crippen molar-refractivity contribution in [3.8, 4) is 11.8 Å². The number of nitrogens with one attached hydrogen (secondary N) is 1. The van der Waals surface area contributed by atoms with E-state index in [4.69, 9.17) is 4.74 Å². The van der Waals surface area contributed by atoms with Crippen LogP contribution in [0.15, 0.2) is 35.4 Å². The van der Waals surface area contributed by atoms with Gasteiger partial charge in [0, 0.05) is 28.9 Å². The van der Waals surface area contributed by atoms with E-state index in [1.54, 1.807) is 11.8 Å². The SMILES string of the molecule is CCNCc1cnc(Oc2ccc(SC)cc2)nc1C. The first-order chi connectivity index (χ1) is 9.72. The molecule has 0 bridgehead atoms. The van der Waals surface area contributed by atoms with Crippen LogP contribution in [0.25, 0.3) is 0 Å². The van der Waals surface area contributed by atoms with E-state index >= 15 is 0 Å². The first-order valence-corrected chi connectivity index (χ1v) is 7.80. The zero-order chi connectivity index (χ0) is 14.4. The number of rotatable bonds is 6. The van der Waals surface area contributed by atoms with E-state index in [0.29, 0.717) is 6.01 Å². The number of ether oxygens (including phenoxy) is 1. The largest absolute Gasteiger partial charge is 0.424 e. The van der Waals surface area contributed by atoms with Gasteiger partial charge in [-0.2, -0.15) is 4.98 Å². The minimum Gasteiger partial charge on any atom is -0.424 e. The van der Waals surface area contributed by atoms with Crippen LogP contribution in [0.1, 0.15) is 18.2 Å². The Hall–Kier alpha value is -1.59. The smallest absolute Gasteiger partial charge is 0.322 e. The molecule has 0 spiro atoms. The molecule has 4 nitrogen and oxygen atoms in total. The third kappa shape index (κ3) is 3.95. The van der Waals surface area contributed by atoms with Gasteiger partial charge < -0.3 is 10.1 Å². The fourth-order valence-electron chi connectivity index (χ4n) is 1.70. The molecular formula is C15H19N3OS. The van der Waals surface area contributed by atoms with Crippen molar-refractivity contribution in [1.82, 2.24) is 15.3 Å². The number of thioether (sulfide) groups is 1. The van der Waals surface area contributed by atoms with Crippen molar-refractivity contribution in [1.29, 1.82) is 0 Å². The number of aromatic nitrogens is 2. The number of hydrogen-bond acceptors (Lipinski definition) is 5. The summed E-state index contributed by atoms with van der Waals surface area (Å²) < 4.78 is 5.67. The van der Waals surface area contributed by atoms with Crippen molar-refractivity contribution in [3.05, 3.63) is 41.7 Å². The Morgan fingerprint density at radius 3 is 2.60 bits per heavy atom. The summed E-state index contributed by atoms with van der Waals surface area (Å²) in [6.45, 7) is 5.76. The van der Waals surface area contributed by atoms with Crippen LogP contribution in [0.5, 0.6) is 11.8 Å². The molecule has 106 valence electrons. The van der Waals surface area contributed by atoms with Gasteiger partial charge in [0.05, 0.1) is 0 Å². The monoisotopic (exact) mass is 289 g/mol. The van der Waals surface area contributed by atoms with E-state index in [-0.39, 0.29) is 0 Å². The minimum absolute atomic E-state index is 0.389. The summed E-state index contributed by atoms with van der Waals surface area (Å²) in [7, 11) is 0. The molecule has 0 atom stereocenters. The fourth-order valence-corrected chi connectivity index (χ4v) is 2.11. The number of aryl methyl sites for hydroxylation is 1. The topological polar surface area (TPSA) is 47.0 Å². The van der Waals surface area contributed by atoms with Gasteiger partial charge in [-0.1, -0.05) is 6.92 Å². The maximum absolute atomic E-state index is 5.67. The highest BCUT2D eigenvalue weighted by Crippen LogP contribution is 2.22. The van der Waals surface area contributed by atoms with E-state index in [1.807, 2.05) is 43.6 Å². The highest BCUT2D eigenvalue weighted by Gasteiger charge is 2.05. The molecule has 5 heteroatoms. The summed E-state index contributed by atoms with van der Waals surface area (Å²) in [5.74, 6) is 0.752. The first kappa shape index (κ1) is 14.8. The minimum atomic E-state index is 0.389. The molecule has 0 saturated carbocycles. The average molecular weight is 289 g/mol. The molecule has 0 fully saturated rings. The van der Waals surface area contributed by atoms with Gasteiger partial charge in [0.15, 0.2) is 0 Å². The van der Waals surface area contributed by atoms with E-state index in [9.17, 15) is 0 Å². The lowest BCUT2D eigenvalue weighted by atomic mass is 10.2. The summed E-state index contributed by atoms with van der Waals surface area (Å²) in [6.07, 6.45) is 3.86. The van der Waals surface area contributed by atoms with Crippen LogP contribution >= 0.6 is 11.8 Å². The molecule has 0 aliphatic heterocycles. The van der Waals surface area contributed by atoms with Gasteiger partial charge >= 0.3 is 6.01 Å². The Morgan fingerprint density at radius 2 is 2.00 bits per heavy atom. The lowest BCUT2D eigenvalue weighted by Crippen LogP contribution is -2.13. The first-order valence-electron chi connectivity index (χ1n) is 6.58. The molecule has 1 aromatic heterocycles. The molecule has 2 rings (SSSR count). The molecule has 20 heavy (non-hydrogen) atoms. The van der Waals surface area contributed by atoms with Gasteiger partial charge in [-0.05, 0) is 44.0 Å². The molecule has 0 saturated heterocycles. The molecule has 0 unspecified atom stereocenters. The van der Waals surface area contributed by atoms with Crippen LogP contribution in [0, 0.1) is 6.92 Å². The second-order valence-electron chi connectivity index (χ2n) is 4.32. The third-order valence-electron chi connectivity index (χ3n) is 2.89. The van der Waals surface area contributed by atoms with Crippen molar-refractivity contribution in [2.75, 3.05) is 12.8 Å². The molecule has 1 heterocycles. The number of nitrogens with zero attached hydrogens (tertiary/aromatic N) is 2. The van der Waals surface area contributed by atoms with Gasteiger partial charge in [-0.15, -0.1) is 11.8 Å². The normalized spacial score (nSPS) is 10.6. The van der Waals surface area contributed by atoms with Crippen LogP contribution in [0.3, 0.4) is 0 Å². The van der Waals surface area contributed by atoms with E-state index in [2.05, 4.69) is 22.2 Å². The van der Waals surface area contributed by atoms with Crippen LogP contribution in [-0.2, 0) is 6.54 Å². The summed E-state index contributed by atoms with van der Waals surface area (Å²) in [4.78, 5) is 9.84. The highest BCUT2D eigenvalue weighted by atomic mass is 32.2. The average Bonchev–Trinajstić information content (AvgIpc) is 2.47. The van der Waals surface area contributed by atoms with Gasteiger partial charge in [0.1, 0.15) is 5.75 Å². The zero-order valence-electron chi connectivity index (χ0n) is 12.0. The van der Waals surface area contributed by atoms with E-state index in [0.717, 1.165) is 30.1 Å². The molecule has 1 aromatic carbocycles. The summed E-state index contributed by atoms with van der Waals surface area (Å²) in [5.41, 5.74) is 2.04. The summed E-state index contributed by atoms with van der Waals surface area (Å²) in [6, 6.07) is 8.28. The van der Waals surface area contributed by atoms with Gasteiger partial charge in [-0.25, -0.2) is 4.98 Å². The lowest BCUT2D eigenvalue weighted by Gasteiger charge is -2.08. The van der Waals surface area contributed by atoms with Crippen molar-refractivity contribution in [2.24, 2.45) is 0 Å². The summed E-state index contributed by atoms with van der Waals surface area (Å²) in [5, 5.41) is 3.26. The quantitative estimate of drug-likeness (QED) is 0.826. The molecule has 1 N–H and O–H groups in total. The molecule has 0 aliphatic rings. The zero-order valence-corrected chi connectivity index (χ0v) is 12.8. The lowest BCUT2D eigenvalue weighted by molar-refractivity contribution is 0.438. The fraction of sp³-hybridized carbons (Fsp3) is 0.333. The van der Waals surface area contributed by atoms with Crippen LogP contribution in [0.2, 0.25) is 0 Å². The molecule has 0 aliphatic carbocycles. The second kappa shape index (κ2) is 7.26. The van der Waals surface area contributed by atoms with E-state index < -0.39 is 0 Å². The Bertz CT molecular complexity index is 558. The molecule has 0 radical (unpaired) electrons. The van der Waals surface area contributed by atoms with Crippen LogP contribution < -0.4 is 10.1 Å². The maximum atomic E-state index is 5.67. The predicted octanol–water partition coefficient (Wildman–Crippen LogP) is 3.41. The maximum Gasteiger partial charge on any atom is 0.322 e. The number of benzene rings is 1. The van der Waals surface area contributed by atoms with Gasteiger partial charge in [0.2, 0.25) is 0 Å². The second-order valence-corrected chi connectivity index (χ2v) is 5.20. The number of hydrogen-bond donors (Lipinski definition) is 1. The van der Waals surface area contributed by atoms with Crippen LogP contribution in [0.4, 0.5) is 0 Å². The predicted molar refractivity (Wildman–Crippen MR) is 82.4 cm³/mol. The molecule has 0 amide bonds. The standard InChI is InChI=1S/C15H19N3OS/c1-4-16-9-12-10-17-15(18-11(12)2)19-13-5-7-14(20-3)8-6-13/h5-8,10,16H,4,9H2,1-3H3. The third-order valence-corrected chi connectivity index (χ3v) is 3.64. The van der Waals surface area contributed by atoms with E-state index in [1.165, 1.54) is 4.90 Å².